The maximum absolute atomic E-state index is 14.1. The molecule has 37 heavy (non-hydrogen) atoms. The highest BCUT2D eigenvalue weighted by Gasteiger charge is 2.34. The third kappa shape index (κ3) is 4.80. The normalized spacial score (nSPS) is 22.2. The number of hydrogen-bond donors (Lipinski definition) is 1. The summed E-state index contributed by atoms with van der Waals surface area (Å²) >= 11 is 0. The van der Waals surface area contributed by atoms with Gasteiger partial charge in [0, 0.05) is 37.6 Å². The maximum atomic E-state index is 14.1. The first kappa shape index (κ1) is 23.9. The predicted octanol–water partition coefficient (Wildman–Crippen LogP) is 4.38. The number of para-hydroxylation sites is 1. The van der Waals surface area contributed by atoms with E-state index in [1.54, 1.807) is 6.26 Å². The van der Waals surface area contributed by atoms with E-state index in [1.165, 1.54) is 0 Å². The van der Waals surface area contributed by atoms with Gasteiger partial charge in [0.1, 0.15) is 5.76 Å². The van der Waals surface area contributed by atoms with Crippen molar-refractivity contribution in [2.24, 2.45) is 5.92 Å². The van der Waals surface area contributed by atoms with Crippen LogP contribution in [0.5, 0.6) is 0 Å². The fraction of sp³-hybridized carbons (Fsp3) is 0.433. The summed E-state index contributed by atoms with van der Waals surface area (Å²) in [4.78, 5) is 35.9. The van der Waals surface area contributed by atoms with Gasteiger partial charge in [-0.25, -0.2) is 4.98 Å². The van der Waals surface area contributed by atoms with Gasteiger partial charge in [-0.2, -0.15) is 0 Å². The molecule has 2 atom stereocenters. The van der Waals surface area contributed by atoms with E-state index >= 15 is 0 Å². The number of rotatable bonds is 5. The summed E-state index contributed by atoms with van der Waals surface area (Å²) < 4.78 is 5.61. The molecular weight excluding hydrogens is 464 g/mol. The Morgan fingerprint density at radius 3 is 2.59 bits per heavy atom. The number of aromatic nitrogens is 1. The molecule has 3 heterocycles. The molecule has 1 aromatic carbocycles. The third-order valence-corrected chi connectivity index (χ3v) is 7.94. The molecule has 2 amide bonds. The van der Waals surface area contributed by atoms with E-state index in [9.17, 15) is 9.59 Å². The lowest BCUT2D eigenvalue weighted by Crippen LogP contribution is -2.55. The lowest BCUT2D eigenvalue weighted by Gasteiger charge is -2.38. The van der Waals surface area contributed by atoms with Crippen molar-refractivity contribution in [3.8, 4) is 0 Å². The number of hydrogen-bond acceptors (Lipinski definition) is 5. The molecule has 0 radical (unpaired) electrons. The zero-order valence-electron chi connectivity index (χ0n) is 21.6. The predicted molar refractivity (Wildman–Crippen MR) is 144 cm³/mol. The van der Waals surface area contributed by atoms with Crippen molar-refractivity contribution in [1.82, 2.24) is 20.1 Å². The van der Waals surface area contributed by atoms with Gasteiger partial charge in [-0.15, -0.1) is 0 Å². The van der Waals surface area contributed by atoms with E-state index in [0.717, 1.165) is 64.7 Å². The van der Waals surface area contributed by atoms with Crippen LogP contribution in [0.2, 0.25) is 0 Å². The first-order valence-electron chi connectivity index (χ1n) is 13.5. The number of allylic oxidation sites excluding steroid dienone is 1. The van der Waals surface area contributed by atoms with Gasteiger partial charge in [-0.05, 0) is 73.9 Å². The molecule has 0 spiro atoms. The number of amides is 2. The second kappa shape index (κ2) is 9.78. The second-order valence-electron chi connectivity index (χ2n) is 10.8. The summed E-state index contributed by atoms with van der Waals surface area (Å²) in [5.41, 5.74) is 4.70. The highest BCUT2D eigenvalue weighted by molar-refractivity contribution is 6.09. The Hall–Kier alpha value is -3.45. The standard InChI is InChI=1S/C30H34N4O3/c1-19-16-21(18-23-6-5-15-37-23)28-25(17-19)27(24-7-3-4-8-26(24)32-28)30(36)34-13-11-33(12-14-34)20(2)29(35)31-22-9-10-22/h3-8,15,18-20,22H,9-14,16-17H2,1-2H3,(H,31,35)/b21-18+. The smallest absolute Gasteiger partial charge is 0.254 e. The number of nitrogens with one attached hydrogen (secondary N) is 1. The van der Waals surface area contributed by atoms with Gasteiger partial charge in [0.25, 0.3) is 5.91 Å². The lowest BCUT2D eigenvalue weighted by molar-refractivity contribution is -0.126. The molecule has 1 saturated heterocycles. The Morgan fingerprint density at radius 1 is 1.08 bits per heavy atom. The van der Waals surface area contributed by atoms with Crippen molar-refractivity contribution in [2.45, 2.75) is 51.6 Å². The first-order valence-corrected chi connectivity index (χ1v) is 13.5. The molecule has 7 nitrogen and oxygen atoms in total. The van der Waals surface area contributed by atoms with Gasteiger partial charge >= 0.3 is 0 Å². The highest BCUT2D eigenvalue weighted by Crippen LogP contribution is 2.39. The van der Waals surface area contributed by atoms with Gasteiger partial charge in [0.05, 0.1) is 29.1 Å². The van der Waals surface area contributed by atoms with Crippen LogP contribution in [0.25, 0.3) is 22.6 Å². The largest absolute Gasteiger partial charge is 0.465 e. The highest BCUT2D eigenvalue weighted by atomic mass is 16.3. The molecule has 2 fully saturated rings. The zero-order chi connectivity index (χ0) is 25.5. The minimum absolute atomic E-state index is 0.0658. The Balaban J connectivity index is 1.31. The van der Waals surface area contributed by atoms with Crippen molar-refractivity contribution in [3.05, 3.63) is 65.2 Å². The molecule has 3 aromatic rings. The first-order chi connectivity index (χ1) is 18.0. The van der Waals surface area contributed by atoms with Crippen LogP contribution in [0.15, 0.2) is 47.1 Å². The van der Waals surface area contributed by atoms with Crippen molar-refractivity contribution >= 4 is 34.4 Å². The number of pyridine rings is 1. The van der Waals surface area contributed by atoms with Crippen LogP contribution in [-0.2, 0) is 11.2 Å². The van der Waals surface area contributed by atoms with Crippen LogP contribution < -0.4 is 5.32 Å². The van der Waals surface area contributed by atoms with Crippen molar-refractivity contribution in [2.75, 3.05) is 26.2 Å². The number of nitrogens with zero attached hydrogens (tertiary/aromatic N) is 3. The molecule has 1 aliphatic heterocycles. The summed E-state index contributed by atoms with van der Waals surface area (Å²) in [6.45, 7) is 6.80. The number of carbonyl (C=O) groups excluding carboxylic acids is 2. The summed E-state index contributed by atoms with van der Waals surface area (Å²) in [6, 6.07) is 12.0. The minimum atomic E-state index is -0.178. The number of fused-ring (bicyclic) bond motifs is 2. The number of piperazine rings is 1. The zero-order valence-corrected chi connectivity index (χ0v) is 21.6. The number of benzene rings is 1. The molecule has 7 heteroatoms. The molecule has 2 aliphatic carbocycles. The fourth-order valence-corrected chi connectivity index (χ4v) is 5.71. The van der Waals surface area contributed by atoms with E-state index < -0.39 is 0 Å². The van der Waals surface area contributed by atoms with Crippen LogP contribution in [0.1, 0.15) is 60.5 Å². The van der Waals surface area contributed by atoms with Crippen LogP contribution in [0.4, 0.5) is 0 Å². The van der Waals surface area contributed by atoms with E-state index in [-0.39, 0.29) is 17.9 Å². The van der Waals surface area contributed by atoms with Crippen LogP contribution in [0, 0.1) is 5.92 Å². The Kier molecular flexibility index (Phi) is 6.32. The van der Waals surface area contributed by atoms with E-state index in [4.69, 9.17) is 9.40 Å². The molecule has 0 bridgehead atoms. The minimum Gasteiger partial charge on any atom is -0.465 e. The Bertz CT molecular complexity index is 1350. The molecule has 6 rings (SSSR count). The molecule has 192 valence electrons. The maximum Gasteiger partial charge on any atom is 0.254 e. The van der Waals surface area contributed by atoms with Gasteiger partial charge in [0.15, 0.2) is 0 Å². The van der Waals surface area contributed by atoms with Gasteiger partial charge in [0.2, 0.25) is 5.91 Å². The average Bonchev–Trinajstić information content (AvgIpc) is 3.58. The van der Waals surface area contributed by atoms with Gasteiger partial charge in [-0.1, -0.05) is 25.1 Å². The van der Waals surface area contributed by atoms with Crippen molar-refractivity contribution < 1.29 is 14.0 Å². The summed E-state index contributed by atoms with van der Waals surface area (Å²) in [6.07, 6.45) is 7.63. The molecule has 3 aliphatic rings. The summed E-state index contributed by atoms with van der Waals surface area (Å²) in [5.74, 6) is 1.36. The second-order valence-corrected chi connectivity index (χ2v) is 10.8. The molecule has 1 N–H and O–H groups in total. The molecular formula is C30H34N4O3. The molecule has 2 aromatic heterocycles. The Morgan fingerprint density at radius 2 is 1.86 bits per heavy atom. The van der Waals surface area contributed by atoms with E-state index in [0.29, 0.717) is 38.1 Å². The fourth-order valence-electron chi connectivity index (χ4n) is 5.71. The average molecular weight is 499 g/mol. The van der Waals surface area contributed by atoms with Crippen LogP contribution in [-0.4, -0.2) is 64.9 Å². The SMILES string of the molecule is CC1C/C(=C\c2ccco2)c2nc3ccccc3c(C(=O)N3CCN(C(C)C(=O)NC4CC4)CC3)c2C1. The molecule has 1 saturated carbocycles. The topological polar surface area (TPSA) is 78.7 Å². The van der Waals surface area contributed by atoms with Crippen LogP contribution >= 0.6 is 0 Å². The van der Waals surface area contributed by atoms with Gasteiger partial charge in [-0.3, -0.25) is 14.5 Å². The van der Waals surface area contributed by atoms with Crippen molar-refractivity contribution in [3.63, 3.8) is 0 Å². The summed E-state index contributed by atoms with van der Waals surface area (Å²) in [7, 11) is 0. The van der Waals surface area contributed by atoms with Crippen LogP contribution in [0.3, 0.4) is 0 Å². The molecule has 2 unspecified atom stereocenters. The van der Waals surface area contributed by atoms with Crippen molar-refractivity contribution in [1.29, 1.82) is 0 Å². The summed E-state index contributed by atoms with van der Waals surface area (Å²) in [5, 5.41) is 4.02. The quantitative estimate of drug-likeness (QED) is 0.565. The monoisotopic (exact) mass is 498 g/mol. The van der Waals surface area contributed by atoms with E-state index in [2.05, 4.69) is 23.2 Å². The van der Waals surface area contributed by atoms with Gasteiger partial charge < -0.3 is 14.6 Å². The number of carbonyl (C=O) groups is 2. The third-order valence-electron chi connectivity index (χ3n) is 7.94. The Labute approximate surface area is 217 Å². The lowest BCUT2D eigenvalue weighted by atomic mass is 9.80. The van der Waals surface area contributed by atoms with E-state index in [1.807, 2.05) is 48.2 Å². The number of furan rings is 1.